The minimum Gasteiger partial charge on any atom is -0.309 e. The van der Waals surface area contributed by atoms with E-state index in [0.717, 1.165) is 103 Å². The van der Waals surface area contributed by atoms with Crippen molar-refractivity contribution in [2.45, 2.75) is 49.4 Å². The molecule has 546 valence electrons. The summed E-state index contributed by atoms with van der Waals surface area (Å²) in [6, 6.07) is 30.4. The number of fused-ring (bicyclic) bond motifs is 12. The van der Waals surface area contributed by atoms with E-state index in [2.05, 4.69) is 0 Å². The minimum absolute atomic E-state index is 0.0270. The molecule has 0 N–H and O–H groups in total. The zero-order valence-corrected chi connectivity index (χ0v) is 53.4. The highest BCUT2D eigenvalue weighted by molar-refractivity contribution is 6.14. The molecule has 0 bridgehead atoms. The van der Waals surface area contributed by atoms with Crippen molar-refractivity contribution in [3.05, 3.63) is 257 Å². The number of rotatable bonds is 7. The molecule has 0 unspecified atom stereocenters. The number of alkyl halides is 24. The molecule has 5 heterocycles. The van der Waals surface area contributed by atoms with Crippen molar-refractivity contribution in [3.63, 3.8) is 0 Å². The Morgan fingerprint density at radius 1 is 0.194 bits per heavy atom. The fourth-order valence-electron chi connectivity index (χ4n) is 14.0. The molecule has 0 saturated carbocycles. The van der Waals surface area contributed by atoms with Crippen molar-refractivity contribution in [3.8, 4) is 56.9 Å². The summed E-state index contributed by atoms with van der Waals surface area (Å²) in [6.45, 7) is 0. The highest BCUT2D eigenvalue weighted by Gasteiger charge is 2.40. The van der Waals surface area contributed by atoms with E-state index in [1.165, 1.54) is 30.3 Å². The molecule has 0 aliphatic rings. The van der Waals surface area contributed by atoms with E-state index in [1.807, 2.05) is 0 Å². The maximum absolute atomic E-state index is 15.1. The first-order valence-electron chi connectivity index (χ1n) is 31.6. The van der Waals surface area contributed by atoms with E-state index in [4.69, 9.17) is 15.0 Å². The Hall–Kier alpha value is -12.1. The van der Waals surface area contributed by atoms with Gasteiger partial charge in [-0.25, -0.2) is 15.0 Å². The zero-order valence-electron chi connectivity index (χ0n) is 53.4. The van der Waals surface area contributed by atoms with Crippen molar-refractivity contribution in [1.29, 1.82) is 0 Å². The van der Waals surface area contributed by atoms with Crippen molar-refractivity contribution in [2.75, 3.05) is 0 Å². The summed E-state index contributed by atoms with van der Waals surface area (Å²) in [4.78, 5) is 14.4. The first kappa shape index (κ1) is 70.3. The fourth-order valence-corrected chi connectivity index (χ4v) is 14.0. The van der Waals surface area contributed by atoms with Gasteiger partial charge in [-0.15, -0.1) is 0 Å². The summed E-state index contributed by atoms with van der Waals surface area (Å²) in [5, 5.41) is -1.13. The predicted octanol–water partition coefficient (Wildman–Crippen LogP) is 25.4. The molecule has 11 aromatic carbocycles. The van der Waals surface area contributed by atoms with Crippen LogP contribution < -0.4 is 0 Å². The summed E-state index contributed by atoms with van der Waals surface area (Å²) >= 11 is 0. The van der Waals surface area contributed by atoms with E-state index < -0.39 is 189 Å². The van der Waals surface area contributed by atoms with Gasteiger partial charge in [-0.05, 0) is 133 Å². The van der Waals surface area contributed by atoms with Crippen LogP contribution in [0, 0.1) is 0 Å². The van der Waals surface area contributed by atoms with Crippen molar-refractivity contribution in [1.82, 2.24) is 33.2 Å². The van der Waals surface area contributed by atoms with Gasteiger partial charge in [0.05, 0.1) is 100 Å². The van der Waals surface area contributed by atoms with Crippen LogP contribution in [0.5, 0.6) is 0 Å². The molecule has 0 spiro atoms. The second-order valence-electron chi connectivity index (χ2n) is 25.3. The molecule has 0 amide bonds. The molecule has 31 heteroatoms. The highest BCUT2D eigenvalue weighted by Crippen LogP contribution is 2.49. The van der Waals surface area contributed by atoms with Crippen LogP contribution in [0.1, 0.15) is 44.5 Å². The van der Waals surface area contributed by atoms with E-state index in [1.54, 1.807) is 0 Å². The van der Waals surface area contributed by atoms with E-state index in [0.29, 0.717) is 97.1 Å². The Labute approximate surface area is 587 Å². The Balaban J connectivity index is 1.07. The normalized spacial score (nSPS) is 13.4. The van der Waals surface area contributed by atoms with Gasteiger partial charge in [0.25, 0.3) is 0 Å². The average molecular weight is 1510 g/mol. The second kappa shape index (κ2) is 23.7. The SMILES string of the molecule is FC(F)(F)c1ccc2c3ccc(C(F)(F)F)cc3n(-c3ccc(-c4nc(-c5ccccc5)nc(-c5ccc(-n6c7cc(C(F)(F)F)ccc7c7ccc(C(F)(F)F)cc76)cc5-n5c6cc(C(F)(F)F)ccc6c6ccc(C(F)(F)F)cc65)n4)c(-n4c5cc(C(F)(F)F)ccc5c5ccc(C(F)(F)F)cc54)c3)c2c1. The number of halogens is 24. The van der Waals surface area contributed by atoms with E-state index in [-0.39, 0.29) is 48.7 Å². The summed E-state index contributed by atoms with van der Waals surface area (Å²) in [5.74, 6) is -1.81. The Morgan fingerprint density at radius 2 is 0.398 bits per heavy atom. The van der Waals surface area contributed by atoms with Crippen LogP contribution in [-0.4, -0.2) is 33.2 Å². The fraction of sp³-hybridized carbons (Fsp3) is 0.104. The number of hydrogen-bond acceptors (Lipinski definition) is 3. The summed E-state index contributed by atoms with van der Waals surface area (Å²) < 4.78 is 363. The lowest BCUT2D eigenvalue weighted by Crippen LogP contribution is -2.09. The molecular formula is C77H35F24N7. The number of benzene rings is 11. The summed E-state index contributed by atoms with van der Waals surface area (Å²) in [6.07, 6.45) is -41.4. The molecule has 0 aliphatic heterocycles. The molecule has 0 atom stereocenters. The van der Waals surface area contributed by atoms with Crippen LogP contribution in [0.25, 0.3) is 144 Å². The number of nitrogens with zero attached hydrogens (tertiary/aromatic N) is 7. The maximum Gasteiger partial charge on any atom is 0.416 e. The predicted molar refractivity (Wildman–Crippen MR) is 354 cm³/mol. The molecular weight excluding hydrogens is 1480 g/mol. The van der Waals surface area contributed by atoms with E-state index >= 15 is 52.7 Å². The Morgan fingerprint density at radius 3 is 0.611 bits per heavy atom. The molecule has 108 heavy (non-hydrogen) atoms. The van der Waals surface area contributed by atoms with Crippen molar-refractivity contribution in [2.24, 2.45) is 0 Å². The molecule has 16 rings (SSSR count). The van der Waals surface area contributed by atoms with Gasteiger partial charge >= 0.3 is 49.4 Å². The largest absolute Gasteiger partial charge is 0.416 e. The minimum atomic E-state index is -5.22. The summed E-state index contributed by atoms with van der Waals surface area (Å²) in [5.41, 5.74) is -17.9. The third kappa shape index (κ3) is 11.8. The molecule has 5 aromatic heterocycles. The average Bonchev–Trinajstić information content (AvgIpc) is 1.54. The monoisotopic (exact) mass is 1510 g/mol. The van der Waals surface area contributed by atoms with Gasteiger partial charge in [-0.3, -0.25) is 0 Å². The van der Waals surface area contributed by atoms with Crippen LogP contribution in [0.15, 0.2) is 212 Å². The van der Waals surface area contributed by atoms with Crippen LogP contribution in [0.2, 0.25) is 0 Å². The van der Waals surface area contributed by atoms with E-state index in [9.17, 15) is 52.7 Å². The Kier molecular flexibility index (Phi) is 15.4. The molecule has 0 fully saturated rings. The van der Waals surface area contributed by atoms with Gasteiger partial charge < -0.3 is 18.3 Å². The third-order valence-electron chi connectivity index (χ3n) is 18.8. The van der Waals surface area contributed by atoms with Crippen LogP contribution in [-0.2, 0) is 49.4 Å². The lowest BCUT2D eigenvalue weighted by atomic mass is 10.1. The smallest absolute Gasteiger partial charge is 0.309 e. The van der Waals surface area contributed by atoms with Crippen molar-refractivity contribution >= 4 is 87.2 Å². The summed E-state index contributed by atoms with van der Waals surface area (Å²) in [7, 11) is 0. The molecule has 0 saturated heterocycles. The van der Waals surface area contributed by atoms with Gasteiger partial charge in [0.2, 0.25) is 0 Å². The maximum atomic E-state index is 15.1. The standard InChI is InChI=1S/C77H35F24N7/c78-70(79,80)37-6-16-47-48-17-7-38(71(81,82)83)27-58(48)105(57(47)26-37)45-14-24-55(65(34-45)107-61-30-41(74(90,91)92)10-20-51(61)52-21-11-42(31-62(52)107)75(93,94)95)68-102-67(36-4-2-1-3-5-36)103-69(104-68)56-25-15-46(106-59-28-39(72(84,85)86)8-18-49(59)50-19-9-40(29-60(50)106)73(87,88)89)35-66(56)108-63-32-43(76(96,97)98)12-22-53(63)54-23-13-44(33-64(54)108)77(99,100)101/h1-35H. The molecule has 16 aromatic rings. The van der Waals surface area contributed by atoms with Crippen molar-refractivity contribution < 1.29 is 105 Å². The zero-order chi connectivity index (χ0) is 76.8. The molecule has 0 aliphatic carbocycles. The first-order valence-corrected chi connectivity index (χ1v) is 31.6. The highest BCUT2D eigenvalue weighted by atomic mass is 19.4. The first-order chi connectivity index (χ1) is 50.6. The number of aromatic nitrogens is 7. The third-order valence-corrected chi connectivity index (χ3v) is 18.8. The Bertz CT molecular complexity index is 5780. The second-order valence-corrected chi connectivity index (χ2v) is 25.3. The topological polar surface area (TPSA) is 58.4 Å². The quantitative estimate of drug-likeness (QED) is 0.149. The molecule has 0 radical (unpaired) electrons. The lowest BCUT2D eigenvalue weighted by Gasteiger charge is -2.20. The van der Waals surface area contributed by atoms with Gasteiger partial charge in [-0.2, -0.15) is 105 Å². The lowest BCUT2D eigenvalue weighted by molar-refractivity contribution is -0.138. The van der Waals surface area contributed by atoms with Gasteiger partial charge in [-0.1, -0.05) is 78.9 Å². The molecule has 7 nitrogen and oxygen atoms in total. The van der Waals surface area contributed by atoms with Gasteiger partial charge in [0.1, 0.15) is 0 Å². The van der Waals surface area contributed by atoms with Gasteiger partial charge in [0.15, 0.2) is 17.5 Å². The van der Waals surface area contributed by atoms with Crippen LogP contribution >= 0.6 is 0 Å². The van der Waals surface area contributed by atoms with Gasteiger partial charge in [0, 0.05) is 71.2 Å². The van der Waals surface area contributed by atoms with Crippen LogP contribution in [0.3, 0.4) is 0 Å². The van der Waals surface area contributed by atoms with Crippen LogP contribution in [0.4, 0.5) is 105 Å². The number of hydrogen-bond donors (Lipinski definition) is 0.